The quantitative estimate of drug-likeness (QED) is 0.206. The molecule has 2 aromatic heterocycles. The van der Waals surface area contributed by atoms with Gasteiger partial charge in [-0.1, -0.05) is 115 Å². The third-order valence-electron chi connectivity index (χ3n) is 9.70. The number of hydrogen-bond donors (Lipinski definition) is 0. The summed E-state index contributed by atoms with van der Waals surface area (Å²) in [5.74, 6) is 2.14. The molecule has 4 heteroatoms. The Morgan fingerprint density at radius 3 is 1.63 bits per heavy atom. The Kier molecular flexibility index (Phi) is 5.72. The van der Waals surface area contributed by atoms with Crippen LogP contribution in [-0.2, 0) is 5.41 Å². The molecule has 0 saturated carbocycles. The summed E-state index contributed by atoms with van der Waals surface area (Å²) in [6, 6.07) is 44.0. The van der Waals surface area contributed by atoms with E-state index in [1.165, 1.54) is 55.6 Å². The normalized spacial score (nSPS) is 13.3. The molecule has 2 heterocycles. The molecule has 4 nitrogen and oxygen atoms in total. The first kappa shape index (κ1) is 26.6. The second-order valence-corrected chi connectivity index (χ2v) is 12.3. The Morgan fingerprint density at radius 1 is 0.457 bits per heavy atom. The van der Waals surface area contributed by atoms with Crippen LogP contribution in [-0.4, -0.2) is 19.9 Å². The second kappa shape index (κ2) is 9.88. The van der Waals surface area contributed by atoms with Gasteiger partial charge in [0.15, 0.2) is 5.82 Å². The summed E-state index contributed by atoms with van der Waals surface area (Å²) >= 11 is 0. The first-order chi connectivity index (χ1) is 22.6. The Morgan fingerprint density at radius 2 is 0.978 bits per heavy atom. The minimum Gasteiger partial charge on any atom is -0.256 e. The van der Waals surface area contributed by atoms with Crippen molar-refractivity contribution in [3.8, 4) is 56.0 Å². The molecule has 0 radical (unpaired) electrons. The molecule has 46 heavy (non-hydrogen) atoms. The van der Waals surface area contributed by atoms with Crippen LogP contribution in [0.5, 0.6) is 0 Å². The number of rotatable bonds is 3. The number of pyridine rings is 1. The van der Waals surface area contributed by atoms with Gasteiger partial charge in [0.2, 0.25) is 0 Å². The largest absolute Gasteiger partial charge is 0.256 e. The molecule has 0 atom stereocenters. The van der Waals surface area contributed by atoms with Gasteiger partial charge in [0.1, 0.15) is 11.6 Å². The Hall–Kier alpha value is -5.74. The van der Waals surface area contributed by atoms with Gasteiger partial charge in [-0.3, -0.25) is 4.98 Å². The van der Waals surface area contributed by atoms with E-state index in [0.29, 0.717) is 5.82 Å². The van der Waals surface area contributed by atoms with Crippen LogP contribution in [0.2, 0.25) is 0 Å². The van der Waals surface area contributed by atoms with Crippen LogP contribution in [0, 0.1) is 20.8 Å². The average Bonchev–Trinajstić information content (AvgIpc) is 3.56. The molecule has 9 rings (SSSR count). The highest BCUT2D eigenvalue weighted by atomic mass is 15.0. The van der Waals surface area contributed by atoms with Gasteiger partial charge in [-0.15, -0.1) is 0 Å². The lowest BCUT2D eigenvalue weighted by atomic mass is 9.70. The maximum Gasteiger partial charge on any atom is 0.163 e. The van der Waals surface area contributed by atoms with E-state index in [-0.39, 0.29) is 0 Å². The Balaban J connectivity index is 1.43. The lowest BCUT2D eigenvalue weighted by Gasteiger charge is -2.30. The van der Waals surface area contributed by atoms with E-state index in [4.69, 9.17) is 15.0 Å². The SMILES string of the molecule is Cc1nc(C)nc(-c2cccc3c2-c2c(-c4cc(-c5ccccc5)ncc4C)cccc2C32c3ccccc3-c3ccccc32)n1. The summed E-state index contributed by atoms with van der Waals surface area (Å²) in [6.45, 7) is 6.04. The van der Waals surface area contributed by atoms with E-state index in [1.54, 1.807) is 0 Å². The molecule has 5 aromatic carbocycles. The second-order valence-electron chi connectivity index (χ2n) is 12.3. The van der Waals surface area contributed by atoms with Crippen LogP contribution >= 0.6 is 0 Å². The lowest BCUT2D eigenvalue weighted by molar-refractivity contribution is 0.794. The zero-order chi connectivity index (χ0) is 31.0. The smallest absolute Gasteiger partial charge is 0.163 e. The minimum atomic E-state index is -0.482. The van der Waals surface area contributed by atoms with Gasteiger partial charge in [0, 0.05) is 17.3 Å². The van der Waals surface area contributed by atoms with Crippen LogP contribution < -0.4 is 0 Å². The number of nitrogens with zero attached hydrogens (tertiary/aromatic N) is 4. The molecule has 2 aliphatic carbocycles. The molecule has 1 spiro atoms. The van der Waals surface area contributed by atoms with E-state index in [1.807, 2.05) is 26.1 Å². The molecule has 0 amide bonds. The van der Waals surface area contributed by atoms with Crippen LogP contribution in [0.15, 0.2) is 128 Å². The number of benzene rings is 5. The van der Waals surface area contributed by atoms with Crippen molar-refractivity contribution in [1.82, 2.24) is 19.9 Å². The lowest BCUT2D eigenvalue weighted by Crippen LogP contribution is -2.25. The highest BCUT2D eigenvalue weighted by Crippen LogP contribution is 2.65. The van der Waals surface area contributed by atoms with Gasteiger partial charge in [0.25, 0.3) is 0 Å². The van der Waals surface area contributed by atoms with Crippen LogP contribution in [0.3, 0.4) is 0 Å². The third kappa shape index (κ3) is 3.61. The standard InChI is InChI=1S/C42H30N4/c1-25-24-43-38(28-13-5-4-6-14-28)23-33(25)31-17-11-21-36-39(31)40-32(41-45-26(2)44-27(3)46-41)18-12-22-37(40)42(36)34-19-9-7-15-29(34)30-16-8-10-20-35(30)42/h4-24H,1-3H3. The topological polar surface area (TPSA) is 51.6 Å². The van der Waals surface area contributed by atoms with Gasteiger partial charge >= 0.3 is 0 Å². The maximum absolute atomic E-state index is 4.90. The first-order valence-electron chi connectivity index (χ1n) is 15.7. The molecule has 0 saturated heterocycles. The van der Waals surface area contributed by atoms with Crippen molar-refractivity contribution in [2.45, 2.75) is 26.2 Å². The van der Waals surface area contributed by atoms with Gasteiger partial charge in [-0.2, -0.15) is 0 Å². The number of aromatic nitrogens is 4. The molecule has 0 fully saturated rings. The molecule has 0 unspecified atom stereocenters. The maximum atomic E-state index is 4.90. The summed E-state index contributed by atoms with van der Waals surface area (Å²) in [5, 5.41) is 0. The summed E-state index contributed by atoms with van der Waals surface area (Å²) in [4.78, 5) is 19.2. The third-order valence-corrected chi connectivity index (χ3v) is 9.70. The van der Waals surface area contributed by atoms with Gasteiger partial charge in [-0.05, 0) is 88.0 Å². The number of fused-ring (bicyclic) bond motifs is 10. The summed E-state index contributed by atoms with van der Waals surface area (Å²) in [7, 11) is 0. The van der Waals surface area contributed by atoms with Gasteiger partial charge < -0.3 is 0 Å². The fraction of sp³-hybridized carbons (Fsp3) is 0.0952. The number of aryl methyl sites for hydroxylation is 3. The Bertz CT molecular complexity index is 2290. The average molecular weight is 591 g/mol. The van der Waals surface area contributed by atoms with E-state index in [2.05, 4.69) is 127 Å². The van der Waals surface area contributed by atoms with Crippen molar-refractivity contribution in [2.75, 3.05) is 0 Å². The molecular weight excluding hydrogens is 560 g/mol. The predicted octanol–water partition coefficient (Wildman–Crippen LogP) is 9.54. The fourth-order valence-corrected chi connectivity index (χ4v) is 7.96. The molecule has 2 aliphatic rings. The van der Waals surface area contributed by atoms with Crippen LogP contribution in [0.1, 0.15) is 39.5 Å². The molecule has 218 valence electrons. The molecule has 0 bridgehead atoms. The van der Waals surface area contributed by atoms with E-state index in [9.17, 15) is 0 Å². The summed E-state index contributed by atoms with van der Waals surface area (Å²) < 4.78 is 0. The highest BCUT2D eigenvalue weighted by molar-refractivity contribution is 6.04. The number of hydrogen-bond acceptors (Lipinski definition) is 4. The van der Waals surface area contributed by atoms with Crippen molar-refractivity contribution in [2.24, 2.45) is 0 Å². The zero-order valence-corrected chi connectivity index (χ0v) is 25.9. The molecule has 7 aromatic rings. The van der Waals surface area contributed by atoms with Crippen LogP contribution in [0.25, 0.3) is 56.0 Å². The van der Waals surface area contributed by atoms with Crippen molar-refractivity contribution in [3.05, 3.63) is 167 Å². The molecular formula is C42H30N4. The summed E-state index contributed by atoms with van der Waals surface area (Å²) in [5.41, 5.74) is 16.2. The van der Waals surface area contributed by atoms with Crippen molar-refractivity contribution >= 4 is 0 Å². The van der Waals surface area contributed by atoms with Crippen LogP contribution in [0.4, 0.5) is 0 Å². The molecule has 0 aliphatic heterocycles. The van der Waals surface area contributed by atoms with E-state index in [0.717, 1.165) is 34.0 Å². The summed E-state index contributed by atoms with van der Waals surface area (Å²) in [6.07, 6.45) is 2.01. The monoisotopic (exact) mass is 590 g/mol. The zero-order valence-electron chi connectivity index (χ0n) is 25.9. The highest BCUT2D eigenvalue weighted by Gasteiger charge is 2.52. The van der Waals surface area contributed by atoms with Crippen molar-refractivity contribution in [3.63, 3.8) is 0 Å². The van der Waals surface area contributed by atoms with Crippen molar-refractivity contribution < 1.29 is 0 Å². The van der Waals surface area contributed by atoms with E-state index >= 15 is 0 Å². The van der Waals surface area contributed by atoms with Gasteiger partial charge in [-0.25, -0.2) is 15.0 Å². The van der Waals surface area contributed by atoms with E-state index < -0.39 is 5.41 Å². The Labute approximate surface area is 268 Å². The fourth-order valence-electron chi connectivity index (χ4n) is 7.96. The minimum absolute atomic E-state index is 0.482. The first-order valence-corrected chi connectivity index (χ1v) is 15.7. The molecule has 0 N–H and O–H groups in total. The van der Waals surface area contributed by atoms with Gasteiger partial charge in [0.05, 0.1) is 11.1 Å². The predicted molar refractivity (Wildman–Crippen MR) is 184 cm³/mol. The van der Waals surface area contributed by atoms with Crippen molar-refractivity contribution in [1.29, 1.82) is 0 Å².